The molecule has 0 aliphatic heterocycles. The fourth-order valence-electron chi connectivity index (χ4n) is 3.67. The highest BCUT2D eigenvalue weighted by atomic mass is 32.1. The van der Waals surface area contributed by atoms with Gasteiger partial charge >= 0.3 is 0 Å². The maximum Gasteiger partial charge on any atom is 0.271 e. The molecule has 0 radical (unpaired) electrons. The number of methoxy groups -OCH3 is 1. The topological polar surface area (TPSA) is 70.2 Å². The van der Waals surface area contributed by atoms with Gasteiger partial charge in [-0.1, -0.05) is 18.3 Å². The van der Waals surface area contributed by atoms with Crippen LogP contribution in [-0.4, -0.2) is 21.6 Å². The van der Waals surface area contributed by atoms with E-state index in [-0.39, 0.29) is 10.6 Å². The molecule has 0 unspecified atom stereocenters. The van der Waals surface area contributed by atoms with Gasteiger partial charge in [0.15, 0.2) is 0 Å². The number of benzene rings is 2. The molecule has 1 aromatic heterocycles. The van der Waals surface area contributed by atoms with Crippen molar-refractivity contribution in [1.29, 1.82) is 0 Å². The van der Waals surface area contributed by atoms with Crippen molar-refractivity contribution in [2.75, 3.05) is 7.11 Å². The minimum Gasteiger partial charge on any atom is -0.497 e. The van der Waals surface area contributed by atoms with E-state index < -0.39 is 0 Å². The summed E-state index contributed by atoms with van der Waals surface area (Å²) in [6.07, 6.45) is 3.89. The zero-order valence-corrected chi connectivity index (χ0v) is 16.2. The van der Waals surface area contributed by atoms with Gasteiger partial charge in [0.2, 0.25) is 0 Å². The molecule has 3 aromatic rings. The molecule has 0 saturated carbocycles. The third-order valence-corrected chi connectivity index (χ3v) is 5.37. The molecule has 0 bridgehead atoms. The number of rotatable bonds is 4. The van der Waals surface area contributed by atoms with Crippen molar-refractivity contribution in [2.24, 2.45) is 0 Å². The highest BCUT2D eigenvalue weighted by molar-refractivity contribution is 7.71. The predicted molar refractivity (Wildman–Crippen MR) is 110 cm³/mol. The standard InChI is InChI=1S/C21H19N3O3S/c1-27-17-11-9-14(10-12-17)20-22-21(28)18-7-2-3-8-19(18)23(20)15-5-4-6-16(13-15)24(25)26/h4-6,9-13H,2-3,7-8H2,1H3. The zero-order valence-electron chi connectivity index (χ0n) is 15.4. The summed E-state index contributed by atoms with van der Waals surface area (Å²) >= 11 is 5.59. The van der Waals surface area contributed by atoms with Crippen LogP contribution in [0.25, 0.3) is 17.1 Å². The molecular formula is C21H19N3O3S. The number of fused-ring (bicyclic) bond motifs is 1. The van der Waals surface area contributed by atoms with Crippen molar-refractivity contribution in [1.82, 2.24) is 9.55 Å². The first kappa shape index (κ1) is 18.3. The molecule has 0 spiro atoms. The number of nitrogens with zero attached hydrogens (tertiary/aromatic N) is 3. The highest BCUT2D eigenvalue weighted by Gasteiger charge is 2.21. The van der Waals surface area contributed by atoms with Crippen LogP contribution in [0.2, 0.25) is 0 Å². The van der Waals surface area contributed by atoms with Gasteiger partial charge in [0.1, 0.15) is 16.2 Å². The summed E-state index contributed by atoms with van der Waals surface area (Å²) in [5.41, 5.74) is 3.83. The van der Waals surface area contributed by atoms with E-state index in [1.54, 1.807) is 19.2 Å². The monoisotopic (exact) mass is 393 g/mol. The van der Waals surface area contributed by atoms with E-state index in [1.807, 2.05) is 34.9 Å². The maximum atomic E-state index is 11.3. The summed E-state index contributed by atoms with van der Waals surface area (Å²) < 4.78 is 7.89. The van der Waals surface area contributed by atoms with Crippen molar-refractivity contribution in [2.45, 2.75) is 25.7 Å². The summed E-state index contributed by atoms with van der Waals surface area (Å²) in [6, 6.07) is 14.3. The van der Waals surface area contributed by atoms with E-state index in [2.05, 4.69) is 0 Å². The quantitative estimate of drug-likeness (QED) is 0.352. The normalized spacial score (nSPS) is 13.0. The number of nitro groups is 1. The summed E-state index contributed by atoms with van der Waals surface area (Å²) in [6.45, 7) is 0. The summed E-state index contributed by atoms with van der Waals surface area (Å²) in [7, 11) is 1.62. The average molecular weight is 393 g/mol. The van der Waals surface area contributed by atoms with Crippen LogP contribution >= 0.6 is 12.2 Å². The van der Waals surface area contributed by atoms with E-state index in [0.29, 0.717) is 10.5 Å². The van der Waals surface area contributed by atoms with Crippen molar-refractivity contribution in [3.63, 3.8) is 0 Å². The van der Waals surface area contributed by atoms with Gasteiger partial charge in [-0.05, 0) is 56.0 Å². The lowest BCUT2D eigenvalue weighted by Crippen LogP contribution is -2.17. The number of nitro benzene ring substituents is 1. The van der Waals surface area contributed by atoms with Gasteiger partial charge in [0.05, 0.1) is 17.7 Å². The fourth-order valence-corrected chi connectivity index (χ4v) is 3.97. The minimum atomic E-state index is -0.377. The number of non-ortho nitro benzene ring substituents is 1. The van der Waals surface area contributed by atoms with Crippen LogP contribution in [0.3, 0.4) is 0 Å². The van der Waals surface area contributed by atoms with Gasteiger partial charge in [-0.2, -0.15) is 0 Å². The van der Waals surface area contributed by atoms with Crippen molar-refractivity contribution < 1.29 is 9.66 Å². The Kier molecular flexibility index (Phi) is 4.92. The van der Waals surface area contributed by atoms with Crippen LogP contribution in [-0.2, 0) is 12.8 Å². The van der Waals surface area contributed by atoms with Crippen LogP contribution in [0.4, 0.5) is 5.69 Å². The van der Waals surface area contributed by atoms with E-state index in [4.69, 9.17) is 21.9 Å². The lowest BCUT2D eigenvalue weighted by atomic mass is 9.96. The first-order valence-electron chi connectivity index (χ1n) is 9.12. The molecule has 1 heterocycles. The second-order valence-electron chi connectivity index (χ2n) is 6.71. The van der Waals surface area contributed by atoms with E-state index in [1.165, 1.54) is 6.07 Å². The molecule has 0 fully saturated rings. The molecule has 1 aliphatic rings. The maximum absolute atomic E-state index is 11.3. The molecular weight excluding hydrogens is 374 g/mol. The molecule has 6 nitrogen and oxygen atoms in total. The van der Waals surface area contributed by atoms with Crippen molar-refractivity contribution in [3.05, 3.63) is 74.5 Å². The van der Waals surface area contributed by atoms with E-state index in [0.717, 1.165) is 53.9 Å². The molecule has 0 saturated heterocycles. The highest BCUT2D eigenvalue weighted by Crippen LogP contribution is 2.32. The minimum absolute atomic E-state index is 0.0534. The Hall–Kier alpha value is -3.06. The predicted octanol–water partition coefficient (Wildman–Crippen LogP) is 5.06. The Morgan fingerprint density at radius 1 is 1.14 bits per heavy atom. The number of ether oxygens (including phenoxy) is 1. The lowest BCUT2D eigenvalue weighted by molar-refractivity contribution is -0.384. The van der Waals surface area contributed by atoms with Crippen LogP contribution in [0.1, 0.15) is 24.1 Å². The SMILES string of the molecule is COc1ccc(-c2nc(=S)c3c(n2-c2cccc([N+](=O)[O-])c2)CCCC3)cc1. The molecule has 0 amide bonds. The van der Waals surface area contributed by atoms with Gasteiger partial charge in [-0.25, -0.2) is 4.98 Å². The summed E-state index contributed by atoms with van der Waals surface area (Å²) in [4.78, 5) is 15.7. The molecule has 0 N–H and O–H groups in total. The zero-order chi connectivity index (χ0) is 19.7. The van der Waals surface area contributed by atoms with E-state index in [9.17, 15) is 10.1 Å². The van der Waals surface area contributed by atoms with E-state index >= 15 is 0 Å². The lowest BCUT2D eigenvalue weighted by Gasteiger charge is -2.24. The summed E-state index contributed by atoms with van der Waals surface area (Å²) in [5.74, 6) is 1.44. The average Bonchev–Trinajstić information content (AvgIpc) is 2.74. The van der Waals surface area contributed by atoms with Crippen LogP contribution in [0.5, 0.6) is 5.75 Å². The molecule has 7 heteroatoms. The molecule has 142 valence electrons. The number of hydrogen-bond acceptors (Lipinski definition) is 5. The van der Waals surface area contributed by atoms with Gasteiger partial charge in [-0.15, -0.1) is 0 Å². The first-order chi connectivity index (χ1) is 13.6. The van der Waals surface area contributed by atoms with Crippen LogP contribution in [0, 0.1) is 14.8 Å². The Bertz CT molecular complexity index is 1110. The third-order valence-electron chi connectivity index (χ3n) is 5.03. The second-order valence-corrected chi connectivity index (χ2v) is 7.10. The van der Waals surface area contributed by atoms with Crippen molar-refractivity contribution in [3.8, 4) is 22.8 Å². The molecule has 2 aromatic carbocycles. The van der Waals surface area contributed by atoms with Gasteiger partial charge in [-0.3, -0.25) is 14.7 Å². The molecule has 0 atom stereocenters. The van der Waals surface area contributed by atoms with Crippen LogP contribution in [0.15, 0.2) is 48.5 Å². The first-order valence-corrected chi connectivity index (χ1v) is 9.53. The fraction of sp³-hybridized carbons (Fsp3) is 0.238. The van der Waals surface area contributed by atoms with Crippen LogP contribution < -0.4 is 4.74 Å². The largest absolute Gasteiger partial charge is 0.497 e. The number of aromatic nitrogens is 2. The third kappa shape index (κ3) is 3.29. The Morgan fingerprint density at radius 3 is 2.61 bits per heavy atom. The molecule has 4 rings (SSSR count). The van der Waals surface area contributed by atoms with Crippen molar-refractivity contribution >= 4 is 17.9 Å². The Labute approximate surface area is 167 Å². The van der Waals surface area contributed by atoms with Gasteiger partial charge in [0.25, 0.3) is 5.69 Å². The molecule has 28 heavy (non-hydrogen) atoms. The number of hydrogen-bond donors (Lipinski definition) is 0. The Balaban J connectivity index is 2.00. The summed E-state index contributed by atoms with van der Waals surface area (Å²) in [5, 5.41) is 11.3. The van der Waals surface area contributed by atoms with Gasteiger partial charge in [0, 0.05) is 29.0 Å². The Morgan fingerprint density at radius 2 is 1.89 bits per heavy atom. The second kappa shape index (κ2) is 7.52. The van der Waals surface area contributed by atoms with Gasteiger partial charge < -0.3 is 4.74 Å². The smallest absolute Gasteiger partial charge is 0.271 e. The molecule has 1 aliphatic carbocycles.